The van der Waals surface area contributed by atoms with Crippen molar-refractivity contribution >= 4 is 11.5 Å². The van der Waals surface area contributed by atoms with Crippen LogP contribution in [-0.4, -0.2) is 10.1 Å². The molecule has 2 N–H and O–H groups in total. The Balaban J connectivity index is 2.19. The number of rotatable bonds is 4. The molecule has 0 bridgehead atoms. The second kappa shape index (κ2) is 5.65. The molecule has 0 aliphatic carbocycles. The van der Waals surface area contributed by atoms with Crippen LogP contribution in [0.2, 0.25) is 0 Å². The number of benzene rings is 1. The van der Waals surface area contributed by atoms with E-state index in [1.807, 2.05) is 56.3 Å². The van der Waals surface area contributed by atoms with Gasteiger partial charge in [0, 0.05) is 16.9 Å². The van der Waals surface area contributed by atoms with Crippen LogP contribution in [0.5, 0.6) is 0 Å². The van der Waals surface area contributed by atoms with Gasteiger partial charge >= 0.3 is 0 Å². The molecule has 0 aliphatic rings. The fraction of sp³-hybridized carbons (Fsp3) is 0.267. The van der Waals surface area contributed by atoms with Crippen molar-refractivity contribution < 1.29 is 5.11 Å². The van der Waals surface area contributed by atoms with Gasteiger partial charge in [0.25, 0.3) is 0 Å². The lowest BCUT2D eigenvalue weighted by Gasteiger charge is -2.13. The minimum atomic E-state index is -0.428. The zero-order valence-corrected chi connectivity index (χ0v) is 10.7. The minimum Gasteiger partial charge on any atom is -0.388 e. The van der Waals surface area contributed by atoms with Crippen molar-refractivity contribution in [3.8, 4) is 0 Å². The van der Waals surface area contributed by atoms with Gasteiger partial charge in [0.05, 0.1) is 6.10 Å². The topological polar surface area (TPSA) is 45.1 Å². The average molecular weight is 242 g/mol. The summed E-state index contributed by atoms with van der Waals surface area (Å²) >= 11 is 0. The predicted molar refractivity (Wildman–Crippen MR) is 73.9 cm³/mol. The molecule has 0 aliphatic heterocycles. The minimum absolute atomic E-state index is 0.428. The van der Waals surface area contributed by atoms with Crippen LogP contribution in [0, 0.1) is 6.92 Å². The van der Waals surface area contributed by atoms with Crippen LogP contribution in [0.4, 0.5) is 11.5 Å². The highest BCUT2D eigenvalue weighted by molar-refractivity contribution is 5.56. The molecule has 18 heavy (non-hydrogen) atoms. The summed E-state index contributed by atoms with van der Waals surface area (Å²) in [6, 6.07) is 13.7. The van der Waals surface area contributed by atoms with Crippen molar-refractivity contribution in [3.05, 3.63) is 53.7 Å². The van der Waals surface area contributed by atoms with E-state index < -0.39 is 6.10 Å². The first kappa shape index (κ1) is 12.6. The van der Waals surface area contributed by atoms with E-state index in [4.69, 9.17) is 0 Å². The van der Waals surface area contributed by atoms with Gasteiger partial charge in [-0.05, 0) is 31.5 Å². The van der Waals surface area contributed by atoms with E-state index in [0.29, 0.717) is 6.42 Å². The molecule has 0 radical (unpaired) electrons. The van der Waals surface area contributed by atoms with E-state index in [-0.39, 0.29) is 0 Å². The summed E-state index contributed by atoms with van der Waals surface area (Å²) < 4.78 is 0. The number of anilines is 2. The van der Waals surface area contributed by atoms with Gasteiger partial charge in [0.2, 0.25) is 0 Å². The normalized spacial score (nSPS) is 12.2. The summed E-state index contributed by atoms with van der Waals surface area (Å²) in [5.74, 6) is 0.797. The second-order valence-electron chi connectivity index (χ2n) is 4.29. The summed E-state index contributed by atoms with van der Waals surface area (Å²) in [5.41, 5.74) is 2.77. The van der Waals surface area contributed by atoms with Crippen LogP contribution in [0.3, 0.4) is 0 Å². The zero-order chi connectivity index (χ0) is 13.0. The number of aliphatic hydroxyl groups excluding tert-OH is 1. The van der Waals surface area contributed by atoms with Gasteiger partial charge in [-0.15, -0.1) is 0 Å². The van der Waals surface area contributed by atoms with Crippen LogP contribution in [0.1, 0.15) is 30.7 Å². The van der Waals surface area contributed by atoms with Crippen molar-refractivity contribution in [3.63, 3.8) is 0 Å². The van der Waals surface area contributed by atoms with Crippen LogP contribution in [0.25, 0.3) is 0 Å². The summed E-state index contributed by atoms with van der Waals surface area (Å²) in [7, 11) is 0. The van der Waals surface area contributed by atoms with Crippen LogP contribution in [-0.2, 0) is 0 Å². The summed E-state index contributed by atoms with van der Waals surface area (Å²) in [6.07, 6.45) is 0.275. The molecule has 0 saturated heterocycles. The Bertz CT molecular complexity index is 511. The third-order valence-electron chi connectivity index (χ3n) is 2.92. The fourth-order valence-corrected chi connectivity index (χ4v) is 1.88. The lowest BCUT2D eigenvalue weighted by molar-refractivity contribution is 0.172. The van der Waals surface area contributed by atoms with E-state index in [2.05, 4.69) is 10.3 Å². The number of hydrogen-bond donors (Lipinski definition) is 2. The fourth-order valence-electron chi connectivity index (χ4n) is 1.88. The van der Waals surface area contributed by atoms with Crippen LogP contribution in [0.15, 0.2) is 42.5 Å². The summed E-state index contributed by atoms with van der Waals surface area (Å²) in [4.78, 5) is 4.47. The van der Waals surface area contributed by atoms with Gasteiger partial charge in [-0.1, -0.05) is 31.2 Å². The molecule has 0 amide bonds. The number of para-hydroxylation sites is 1. The Hall–Kier alpha value is -1.87. The lowest BCUT2D eigenvalue weighted by Crippen LogP contribution is -2.02. The quantitative estimate of drug-likeness (QED) is 0.861. The highest BCUT2D eigenvalue weighted by Crippen LogP contribution is 2.22. The number of nitrogens with one attached hydrogen (secondary N) is 1. The molecule has 1 aromatic carbocycles. The van der Waals surface area contributed by atoms with Crippen molar-refractivity contribution in [1.29, 1.82) is 0 Å². The highest BCUT2D eigenvalue weighted by Gasteiger charge is 2.09. The smallest absolute Gasteiger partial charge is 0.130 e. The molecule has 0 fully saturated rings. The van der Waals surface area contributed by atoms with Gasteiger partial charge in [0.1, 0.15) is 5.82 Å². The van der Waals surface area contributed by atoms with E-state index in [1.165, 1.54) is 0 Å². The van der Waals surface area contributed by atoms with Crippen molar-refractivity contribution in [2.24, 2.45) is 0 Å². The Labute approximate surface area is 108 Å². The van der Waals surface area contributed by atoms with Crippen molar-refractivity contribution in [1.82, 2.24) is 4.98 Å². The Morgan fingerprint density at radius 1 is 1.17 bits per heavy atom. The number of pyridine rings is 1. The van der Waals surface area contributed by atoms with Gasteiger partial charge in [0.15, 0.2) is 0 Å². The third-order valence-corrected chi connectivity index (χ3v) is 2.92. The summed E-state index contributed by atoms with van der Waals surface area (Å²) in [6.45, 7) is 3.88. The number of aromatic nitrogens is 1. The van der Waals surface area contributed by atoms with Crippen molar-refractivity contribution in [2.75, 3.05) is 5.32 Å². The monoisotopic (exact) mass is 242 g/mol. The van der Waals surface area contributed by atoms with Gasteiger partial charge < -0.3 is 10.4 Å². The maximum absolute atomic E-state index is 9.83. The first-order chi connectivity index (χ1) is 8.70. The molecule has 2 aromatic rings. The molecule has 94 valence electrons. The van der Waals surface area contributed by atoms with E-state index in [9.17, 15) is 5.11 Å². The van der Waals surface area contributed by atoms with Crippen LogP contribution < -0.4 is 5.32 Å². The first-order valence-electron chi connectivity index (χ1n) is 6.18. The van der Waals surface area contributed by atoms with E-state index in [0.717, 1.165) is 22.8 Å². The van der Waals surface area contributed by atoms with Gasteiger partial charge in [-0.2, -0.15) is 0 Å². The second-order valence-corrected chi connectivity index (χ2v) is 4.29. The Morgan fingerprint density at radius 2 is 1.89 bits per heavy atom. The first-order valence-corrected chi connectivity index (χ1v) is 6.18. The maximum atomic E-state index is 9.83. The number of nitrogens with zero attached hydrogens (tertiary/aromatic N) is 1. The third kappa shape index (κ3) is 2.87. The number of hydrogen-bond acceptors (Lipinski definition) is 3. The molecule has 1 unspecified atom stereocenters. The SMILES string of the molecule is CCC(O)c1ccc(Nc2ccccc2)nc1C. The molecule has 0 saturated carbocycles. The van der Waals surface area contributed by atoms with Crippen LogP contribution >= 0.6 is 0 Å². The molecule has 0 spiro atoms. The molecule has 3 heteroatoms. The number of aryl methyl sites for hydroxylation is 1. The summed E-state index contributed by atoms with van der Waals surface area (Å²) in [5, 5.41) is 13.1. The number of aliphatic hydroxyl groups is 1. The molecular weight excluding hydrogens is 224 g/mol. The Morgan fingerprint density at radius 3 is 2.50 bits per heavy atom. The predicted octanol–water partition coefficient (Wildman–Crippen LogP) is 3.58. The zero-order valence-electron chi connectivity index (χ0n) is 10.7. The molecule has 1 heterocycles. The standard InChI is InChI=1S/C15H18N2O/c1-3-14(18)13-9-10-15(16-11(13)2)17-12-7-5-4-6-8-12/h4-10,14,18H,3H2,1-2H3,(H,16,17). The van der Waals surface area contributed by atoms with Gasteiger partial charge in [-0.25, -0.2) is 4.98 Å². The largest absolute Gasteiger partial charge is 0.388 e. The highest BCUT2D eigenvalue weighted by atomic mass is 16.3. The molecule has 1 atom stereocenters. The van der Waals surface area contributed by atoms with E-state index in [1.54, 1.807) is 0 Å². The molecular formula is C15H18N2O. The van der Waals surface area contributed by atoms with E-state index >= 15 is 0 Å². The maximum Gasteiger partial charge on any atom is 0.130 e. The van der Waals surface area contributed by atoms with Crippen molar-refractivity contribution in [2.45, 2.75) is 26.4 Å². The lowest BCUT2D eigenvalue weighted by atomic mass is 10.1. The molecule has 3 nitrogen and oxygen atoms in total. The molecule has 1 aromatic heterocycles. The molecule has 2 rings (SSSR count). The Kier molecular flexibility index (Phi) is 3.95. The average Bonchev–Trinajstić information content (AvgIpc) is 2.39. The van der Waals surface area contributed by atoms with Gasteiger partial charge in [-0.3, -0.25) is 0 Å².